The number of carbonyl (C=O) groups excluding carboxylic acids is 1. The molecule has 1 amide bonds. The van der Waals surface area contributed by atoms with Crippen LogP contribution in [-0.2, 0) is 4.79 Å². The Hall–Kier alpha value is -2.04. The summed E-state index contributed by atoms with van der Waals surface area (Å²) in [5.41, 5.74) is 8.82. The fraction of sp³-hybridized carbons (Fsp3) is 0.400. The number of hydrazine groups is 1. The molecular weight excluding hydrogens is 257 g/mol. The first-order chi connectivity index (χ1) is 9.65. The predicted molar refractivity (Wildman–Crippen MR) is 77.3 cm³/mol. The van der Waals surface area contributed by atoms with Crippen LogP contribution >= 0.6 is 0 Å². The highest BCUT2D eigenvalue weighted by atomic mass is 19.1. The summed E-state index contributed by atoms with van der Waals surface area (Å²) in [6, 6.07) is 5.91. The Labute approximate surface area is 118 Å². The summed E-state index contributed by atoms with van der Waals surface area (Å²) in [6.45, 7) is 2.23. The van der Waals surface area contributed by atoms with E-state index in [1.807, 2.05) is 0 Å². The van der Waals surface area contributed by atoms with Crippen molar-refractivity contribution in [2.75, 3.05) is 11.9 Å². The fourth-order valence-electron chi connectivity index (χ4n) is 2.16. The Bertz CT molecular complexity index is 496. The van der Waals surface area contributed by atoms with Gasteiger partial charge in [0.1, 0.15) is 5.82 Å². The first kappa shape index (κ1) is 14.4. The van der Waals surface area contributed by atoms with Crippen molar-refractivity contribution in [2.45, 2.75) is 32.6 Å². The van der Waals surface area contributed by atoms with E-state index >= 15 is 0 Å². The number of hydrogen-bond acceptors (Lipinski definition) is 3. The topological polar surface area (TPSA) is 53.2 Å². The quantitative estimate of drug-likeness (QED) is 0.725. The highest BCUT2D eigenvalue weighted by Gasteiger charge is 2.09. The summed E-state index contributed by atoms with van der Waals surface area (Å²) in [4.78, 5) is 11.7. The lowest BCUT2D eigenvalue weighted by Crippen LogP contribution is -2.40. The zero-order chi connectivity index (χ0) is 14.4. The van der Waals surface area contributed by atoms with Gasteiger partial charge in [0, 0.05) is 11.4 Å². The lowest BCUT2D eigenvalue weighted by atomic mass is 9.98. The van der Waals surface area contributed by atoms with E-state index in [1.165, 1.54) is 24.1 Å². The number of benzene rings is 1. The zero-order valence-electron chi connectivity index (χ0n) is 11.6. The predicted octanol–water partition coefficient (Wildman–Crippen LogP) is 2.71. The van der Waals surface area contributed by atoms with Gasteiger partial charge in [-0.15, -0.1) is 0 Å². The van der Waals surface area contributed by atoms with Crippen molar-refractivity contribution in [2.24, 2.45) is 0 Å². The number of halogens is 1. The van der Waals surface area contributed by atoms with E-state index < -0.39 is 0 Å². The van der Waals surface area contributed by atoms with Gasteiger partial charge in [0.05, 0.1) is 6.54 Å². The Morgan fingerprint density at radius 3 is 2.60 bits per heavy atom. The van der Waals surface area contributed by atoms with Crippen LogP contribution in [0.2, 0.25) is 0 Å². The van der Waals surface area contributed by atoms with Crippen LogP contribution in [0.4, 0.5) is 10.1 Å². The molecule has 5 heteroatoms. The van der Waals surface area contributed by atoms with Crippen LogP contribution in [0.3, 0.4) is 0 Å². The lowest BCUT2D eigenvalue weighted by molar-refractivity contribution is -0.120. The average molecular weight is 277 g/mol. The molecule has 0 radical (unpaired) electrons. The third-order valence-corrected chi connectivity index (χ3v) is 3.39. The molecule has 1 aromatic rings. The standard InChI is InChI=1S/C15H20FN3O/c1-11-4-2-3-5-14(11)18-19-15(20)10-17-13-8-6-12(16)7-9-13/h6-9,17-18H,2-5,10H2,1H3,(H,19,20). The number of amides is 1. The maximum atomic E-state index is 12.7. The van der Waals surface area contributed by atoms with Gasteiger partial charge in [-0.25, -0.2) is 4.39 Å². The maximum Gasteiger partial charge on any atom is 0.257 e. The van der Waals surface area contributed by atoms with Crippen molar-refractivity contribution in [3.63, 3.8) is 0 Å². The summed E-state index contributed by atoms with van der Waals surface area (Å²) in [7, 11) is 0. The highest BCUT2D eigenvalue weighted by Crippen LogP contribution is 2.21. The van der Waals surface area contributed by atoms with Gasteiger partial charge in [0.2, 0.25) is 0 Å². The number of nitrogens with one attached hydrogen (secondary N) is 3. The average Bonchev–Trinajstić information content (AvgIpc) is 2.46. The fourth-order valence-corrected chi connectivity index (χ4v) is 2.16. The van der Waals surface area contributed by atoms with Crippen LogP contribution in [0.15, 0.2) is 35.5 Å². The molecule has 0 unspecified atom stereocenters. The molecule has 0 saturated heterocycles. The molecule has 1 aliphatic rings. The molecule has 1 aliphatic carbocycles. The maximum absolute atomic E-state index is 12.7. The second-order valence-electron chi connectivity index (χ2n) is 5.00. The monoisotopic (exact) mass is 277 g/mol. The Morgan fingerprint density at radius 2 is 1.90 bits per heavy atom. The Kier molecular flexibility index (Phi) is 4.98. The van der Waals surface area contributed by atoms with Gasteiger partial charge in [-0.2, -0.15) is 0 Å². The van der Waals surface area contributed by atoms with Crippen LogP contribution < -0.4 is 16.2 Å². The molecule has 0 atom stereocenters. The normalized spacial score (nSPS) is 14.9. The first-order valence-electron chi connectivity index (χ1n) is 6.88. The molecule has 0 spiro atoms. The van der Waals surface area contributed by atoms with Crippen molar-refractivity contribution < 1.29 is 9.18 Å². The molecule has 2 rings (SSSR count). The number of allylic oxidation sites excluding steroid dienone is 2. The molecule has 108 valence electrons. The van der Waals surface area contributed by atoms with E-state index in [0.717, 1.165) is 30.6 Å². The molecule has 0 heterocycles. The lowest BCUT2D eigenvalue weighted by Gasteiger charge is -2.19. The summed E-state index contributed by atoms with van der Waals surface area (Å²) in [5, 5.41) is 2.94. The van der Waals surface area contributed by atoms with Crippen molar-refractivity contribution in [1.82, 2.24) is 10.9 Å². The SMILES string of the molecule is CC1=C(NNC(=O)CNc2ccc(F)cc2)CCCC1. The van der Waals surface area contributed by atoms with E-state index in [4.69, 9.17) is 0 Å². The molecule has 0 bridgehead atoms. The van der Waals surface area contributed by atoms with E-state index in [1.54, 1.807) is 12.1 Å². The Balaban J connectivity index is 1.74. The Morgan fingerprint density at radius 1 is 1.20 bits per heavy atom. The zero-order valence-corrected chi connectivity index (χ0v) is 11.6. The number of anilines is 1. The van der Waals surface area contributed by atoms with Gasteiger partial charge in [0.25, 0.3) is 5.91 Å². The van der Waals surface area contributed by atoms with Gasteiger partial charge in [0.15, 0.2) is 0 Å². The van der Waals surface area contributed by atoms with Crippen molar-refractivity contribution >= 4 is 11.6 Å². The van der Waals surface area contributed by atoms with Gasteiger partial charge in [-0.3, -0.25) is 10.2 Å². The van der Waals surface area contributed by atoms with E-state index in [-0.39, 0.29) is 18.3 Å². The number of hydrogen-bond donors (Lipinski definition) is 3. The van der Waals surface area contributed by atoms with E-state index in [0.29, 0.717) is 0 Å². The molecule has 3 N–H and O–H groups in total. The molecule has 0 aliphatic heterocycles. The van der Waals surface area contributed by atoms with Crippen LogP contribution in [-0.4, -0.2) is 12.5 Å². The molecule has 1 aromatic carbocycles. The van der Waals surface area contributed by atoms with Crippen LogP contribution in [0.25, 0.3) is 0 Å². The van der Waals surface area contributed by atoms with Gasteiger partial charge in [-0.05, 0) is 56.9 Å². The van der Waals surface area contributed by atoms with Crippen molar-refractivity contribution in [1.29, 1.82) is 0 Å². The molecule has 4 nitrogen and oxygen atoms in total. The molecular formula is C15H20FN3O. The highest BCUT2D eigenvalue weighted by molar-refractivity contribution is 5.80. The smallest absolute Gasteiger partial charge is 0.257 e. The second kappa shape index (κ2) is 6.93. The summed E-state index contributed by atoms with van der Waals surface area (Å²) < 4.78 is 12.7. The largest absolute Gasteiger partial charge is 0.376 e. The van der Waals surface area contributed by atoms with Crippen LogP contribution in [0.1, 0.15) is 32.6 Å². The molecule has 0 saturated carbocycles. The third-order valence-electron chi connectivity index (χ3n) is 3.39. The number of rotatable bonds is 5. The minimum absolute atomic E-state index is 0.144. The van der Waals surface area contributed by atoms with Crippen molar-refractivity contribution in [3.8, 4) is 0 Å². The van der Waals surface area contributed by atoms with Crippen LogP contribution in [0, 0.1) is 5.82 Å². The summed E-state index contributed by atoms with van der Waals surface area (Å²) >= 11 is 0. The van der Waals surface area contributed by atoms with Crippen molar-refractivity contribution in [3.05, 3.63) is 41.4 Å². The van der Waals surface area contributed by atoms with Gasteiger partial charge >= 0.3 is 0 Å². The van der Waals surface area contributed by atoms with Gasteiger partial charge in [-0.1, -0.05) is 5.57 Å². The van der Waals surface area contributed by atoms with E-state index in [9.17, 15) is 9.18 Å². The third kappa shape index (κ3) is 4.26. The second-order valence-corrected chi connectivity index (χ2v) is 5.00. The molecule has 0 aromatic heterocycles. The molecule has 0 fully saturated rings. The summed E-state index contributed by atoms with van der Waals surface area (Å²) in [5.74, 6) is -0.443. The first-order valence-corrected chi connectivity index (χ1v) is 6.88. The van der Waals surface area contributed by atoms with E-state index in [2.05, 4.69) is 23.1 Å². The molecule has 20 heavy (non-hydrogen) atoms. The number of carbonyl (C=O) groups is 1. The van der Waals surface area contributed by atoms with Crippen LogP contribution in [0.5, 0.6) is 0 Å². The summed E-state index contributed by atoms with van der Waals surface area (Å²) in [6.07, 6.45) is 4.45. The minimum Gasteiger partial charge on any atom is -0.376 e. The minimum atomic E-state index is -0.290. The van der Waals surface area contributed by atoms with Gasteiger partial charge < -0.3 is 10.7 Å².